The number of benzene rings is 1. The summed E-state index contributed by atoms with van der Waals surface area (Å²) in [4.78, 5) is 5.18. The van der Waals surface area contributed by atoms with Crippen LogP contribution >= 0.6 is 11.8 Å². The molecule has 0 radical (unpaired) electrons. The molecule has 0 atom stereocenters. The fourth-order valence-electron chi connectivity index (χ4n) is 1.58. The highest BCUT2D eigenvalue weighted by molar-refractivity contribution is 7.98. The molecular formula is C14H13N3S. The molecule has 0 spiro atoms. The highest BCUT2D eigenvalue weighted by atomic mass is 32.2. The fraction of sp³-hybridized carbons (Fsp3) is 0.143. The average Bonchev–Trinajstić information content (AvgIpc) is 2.45. The van der Waals surface area contributed by atoms with Crippen molar-refractivity contribution < 1.29 is 0 Å². The number of nitrogens with zero attached hydrogens (tertiary/aromatic N) is 2. The number of rotatable bonds is 4. The molecule has 18 heavy (non-hydrogen) atoms. The SMILES string of the molecule is CSc1cccc(NCc2ccnc(C#N)c2)c1. The Morgan fingerprint density at radius 3 is 3.00 bits per heavy atom. The van der Waals surface area contributed by atoms with Gasteiger partial charge in [-0.15, -0.1) is 11.8 Å². The van der Waals surface area contributed by atoms with Gasteiger partial charge >= 0.3 is 0 Å². The normalized spacial score (nSPS) is 9.78. The zero-order chi connectivity index (χ0) is 12.8. The van der Waals surface area contributed by atoms with Crippen molar-refractivity contribution in [3.8, 4) is 6.07 Å². The molecule has 1 aromatic carbocycles. The number of hydrogen-bond acceptors (Lipinski definition) is 4. The molecule has 0 fully saturated rings. The van der Waals surface area contributed by atoms with Crippen molar-refractivity contribution in [2.45, 2.75) is 11.4 Å². The Hall–Kier alpha value is -1.99. The Balaban J connectivity index is 2.04. The maximum absolute atomic E-state index is 8.78. The van der Waals surface area contributed by atoms with Crippen molar-refractivity contribution in [3.05, 3.63) is 53.9 Å². The number of aromatic nitrogens is 1. The van der Waals surface area contributed by atoms with Crippen molar-refractivity contribution in [1.82, 2.24) is 4.98 Å². The number of pyridine rings is 1. The number of nitrogens with one attached hydrogen (secondary N) is 1. The van der Waals surface area contributed by atoms with Crippen LogP contribution in [0.1, 0.15) is 11.3 Å². The fourth-order valence-corrected chi connectivity index (χ4v) is 2.04. The van der Waals surface area contributed by atoms with E-state index >= 15 is 0 Å². The highest BCUT2D eigenvalue weighted by Crippen LogP contribution is 2.19. The first-order valence-electron chi connectivity index (χ1n) is 5.55. The van der Waals surface area contributed by atoms with E-state index in [9.17, 15) is 0 Å². The van der Waals surface area contributed by atoms with Gasteiger partial charge in [0.15, 0.2) is 0 Å². The minimum absolute atomic E-state index is 0.451. The molecule has 1 N–H and O–H groups in total. The largest absolute Gasteiger partial charge is 0.381 e. The summed E-state index contributed by atoms with van der Waals surface area (Å²) in [5.74, 6) is 0. The Morgan fingerprint density at radius 2 is 2.22 bits per heavy atom. The van der Waals surface area contributed by atoms with Crippen molar-refractivity contribution in [2.24, 2.45) is 0 Å². The summed E-state index contributed by atoms with van der Waals surface area (Å²) in [5.41, 5.74) is 2.58. The zero-order valence-electron chi connectivity index (χ0n) is 10.1. The van der Waals surface area contributed by atoms with Crippen molar-refractivity contribution in [2.75, 3.05) is 11.6 Å². The molecule has 1 aromatic heterocycles. The van der Waals surface area contributed by atoms with E-state index in [-0.39, 0.29) is 0 Å². The Labute approximate surface area is 111 Å². The molecule has 0 amide bonds. The third-order valence-corrected chi connectivity index (χ3v) is 3.23. The molecule has 0 aliphatic heterocycles. The number of thioether (sulfide) groups is 1. The van der Waals surface area contributed by atoms with Crippen LogP contribution < -0.4 is 5.32 Å². The Bertz CT molecular complexity index is 575. The van der Waals surface area contributed by atoms with Gasteiger partial charge in [0.2, 0.25) is 0 Å². The van der Waals surface area contributed by atoms with Crippen LogP contribution in [0.4, 0.5) is 5.69 Å². The van der Waals surface area contributed by atoms with E-state index in [2.05, 4.69) is 28.7 Å². The van der Waals surface area contributed by atoms with Gasteiger partial charge in [0.25, 0.3) is 0 Å². The lowest BCUT2D eigenvalue weighted by molar-refractivity contribution is 1.11. The lowest BCUT2D eigenvalue weighted by Gasteiger charge is -2.07. The van der Waals surface area contributed by atoms with E-state index in [1.807, 2.05) is 24.3 Å². The first-order chi connectivity index (χ1) is 8.81. The maximum atomic E-state index is 8.78. The van der Waals surface area contributed by atoms with Crippen LogP contribution in [-0.2, 0) is 6.54 Å². The van der Waals surface area contributed by atoms with Crippen LogP contribution in [0, 0.1) is 11.3 Å². The topological polar surface area (TPSA) is 48.7 Å². The number of nitriles is 1. The minimum atomic E-state index is 0.451. The second kappa shape index (κ2) is 6.08. The number of hydrogen-bond donors (Lipinski definition) is 1. The first kappa shape index (κ1) is 12.5. The van der Waals surface area contributed by atoms with Crippen LogP contribution in [-0.4, -0.2) is 11.2 Å². The van der Waals surface area contributed by atoms with Crippen molar-refractivity contribution >= 4 is 17.4 Å². The summed E-state index contributed by atoms with van der Waals surface area (Å²) < 4.78 is 0. The molecular weight excluding hydrogens is 242 g/mol. The van der Waals surface area contributed by atoms with Gasteiger partial charge in [0.1, 0.15) is 11.8 Å². The Morgan fingerprint density at radius 1 is 1.33 bits per heavy atom. The van der Waals surface area contributed by atoms with Gasteiger partial charge in [-0.05, 0) is 42.2 Å². The van der Waals surface area contributed by atoms with E-state index < -0.39 is 0 Å². The summed E-state index contributed by atoms with van der Waals surface area (Å²) in [5, 5.41) is 12.1. The molecule has 90 valence electrons. The third kappa shape index (κ3) is 3.25. The van der Waals surface area contributed by atoms with Gasteiger partial charge < -0.3 is 5.32 Å². The predicted molar refractivity (Wildman–Crippen MR) is 74.5 cm³/mol. The van der Waals surface area contributed by atoms with Gasteiger partial charge in [-0.3, -0.25) is 0 Å². The van der Waals surface area contributed by atoms with Crippen LogP contribution in [0.3, 0.4) is 0 Å². The van der Waals surface area contributed by atoms with Crippen LogP contribution in [0.15, 0.2) is 47.5 Å². The molecule has 3 nitrogen and oxygen atoms in total. The van der Waals surface area contributed by atoms with Gasteiger partial charge in [-0.2, -0.15) is 5.26 Å². The quantitative estimate of drug-likeness (QED) is 0.852. The van der Waals surface area contributed by atoms with Crippen molar-refractivity contribution in [1.29, 1.82) is 5.26 Å². The molecule has 0 aliphatic rings. The third-order valence-electron chi connectivity index (χ3n) is 2.51. The monoisotopic (exact) mass is 255 g/mol. The summed E-state index contributed by atoms with van der Waals surface area (Å²) in [6.45, 7) is 0.690. The molecule has 0 aliphatic carbocycles. The highest BCUT2D eigenvalue weighted by Gasteiger charge is 1.98. The second-order valence-corrected chi connectivity index (χ2v) is 4.63. The second-order valence-electron chi connectivity index (χ2n) is 3.75. The van der Waals surface area contributed by atoms with Crippen molar-refractivity contribution in [3.63, 3.8) is 0 Å². The molecule has 2 aromatic rings. The summed E-state index contributed by atoms with van der Waals surface area (Å²) in [6.07, 6.45) is 3.72. The summed E-state index contributed by atoms with van der Waals surface area (Å²) >= 11 is 1.72. The lowest BCUT2D eigenvalue weighted by Crippen LogP contribution is -2.00. The molecule has 0 unspecified atom stereocenters. The zero-order valence-corrected chi connectivity index (χ0v) is 10.9. The van der Waals surface area contributed by atoms with Crippen LogP contribution in [0.25, 0.3) is 0 Å². The molecule has 1 heterocycles. The van der Waals surface area contributed by atoms with E-state index in [0.717, 1.165) is 11.3 Å². The van der Waals surface area contributed by atoms with Gasteiger partial charge in [0, 0.05) is 23.3 Å². The average molecular weight is 255 g/mol. The first-order valence-corrected chi connectivity index (χ1v) is 6.77. The smallest absolute Gasteiger partial charge is 0.140 e. The summed E-state index contributed by atoms with van der Waals surface area (Å²) in [6, 6.07) is 14.0. The molecule has 0 saturated carbocycles. The van der Waals surface area contributed by atoms with E-state index in [1.54, 1.807) is 24.0 Å². The van der Waals surface area contributed by atoms with E-state index in [4.69, 9.17) is 5.26 Å². The van der Waals surface area contributed by atoms with Gasteiger partial charge in [-0.1, -0.05) is 6.07 Å². The molecule has 4 heteroatoms. The molecule has 0 bridgehead atoms. The molecule has 0 saturated heterocycles. The van der Waals surface area contributed by atoms with E-state index in [0.29, 0.717) is 12.2 Å². The maximum Gasteiger partial charge on any atom is 0.140 e. The minimum Gasteiger partial charge on any atom is -0.381 e. The summed E-state index contributed by atoms with van der Waals surface area (Å²) in [7, 11) is 0. The lowest BCUT2D eigenvalue weighted by atomic mass is 10.2. The molecule has 2 rings (SSSR count). The standard InChI is InChI=1S/C14H13N3S/c1-18-14-4-2-3-12(8-14)17-10-11-5-6-16-13(7-11)9-15/h2-8,17H,10H2,1H3. The van der Waals surface area contributed by atoms with E-state index in [1.165, 1.54) is 4.90 Å². The van der Waals surface area contributed by atoms with Crippen LogP contribution in [0.5, 0.6) is 0 Å². The Kier molecular flexibility index (Phi) is 4.21. The van der Waals surface area contributed by atoms with Gasteiger partial charge in [-0.25, -0.2) is 4.98 Å². The van der Waals surface area contributed by atoms with Gasteiger partial charge in [0.05, 0.1) is 0 Å². The number of anilines is 1. The van der Waals surface area contributed by atoms with Crippen LogP contribution in [0.2, 0.25) is 0 Å². The predicted octanol–water partition coefficient (Wildman–Crippen LogP) is 3.29.